The summed E-state index contributed by atoms with van der Waals surface area (Å²) in [6.07, 6.45) is 6.80. The first-order valence-electron chi connectivity index (χ1n) is 15.7. The Morgan fingerprint density at radius 1 is 0.860 bits per heavy atom. The molecule has 6 nitrogen and oxygen atoms in total. The molecule has 1 unspecified atom stereocenters. The third-order valence-corrected chi connectivity index (χ3v) is 10.7. The maximum atomic E-state index is 11.4. The number of fused-ring (bicyclic) bond motifs is 5. The topological polar surface area (TPSA) is 71.1 Å². The van der Waals surface area contributed by atoms with Crippen molar-refractivity contribution in [2.24, 2.45) is 23.2 Å². The maximum absolute atomic E-state index is 11.4. The molecule has 43 heavy (non-hydrogen) atoms. The number of hydrogen-bond donors (Lipinski definition) is 0. The lowest BCUT2D eigenvalue weighted by molar-refractivity contribution is -0.0978. The van der Waals surface area contributed by atoms with E-state index in [0.29, 0.717) is 43.5 Å². The standard InChI is InChI=1S/C36H44O6S/c1-36-22-29(25-39-19-20-42-43(2,37)38)35-31-16-14-30(40-23-26-9-5-3-6-10-26)21-28(31)13-15-32(35)33(36)17-18-34(36)41-24-27-11-7-4-8-12-27/h3-12,14,16,21,29,32-35H,13,15,17-20,22-25H2,1-2H3/t29-,32+,33+,34?,35-,36+/m1/s1. The Morgan fingerprint density at radius 3 is 2.30 bits per heavy atom. The Bertz CT molecular complexity index is 1460. The van der Waals surface area contributed by atoms with Crippen molar-refractivity contribution >= 4 is 10.1 Å². The first-order chi connectivity index (χ1) is 20.8. The summed E-state index contributed by atoms with van der Waals surface area (Å²) in [7, 11) is -3.48. The van der Waals surface area contributed by atoms with Gasteiger partial charge in [0.2, 0.25) is 0 Å². The van der Waals surface area contributed by atoms with E-state index in [-0.39, 0.29) is 24.7 Å². The van der Waals surface area contributed by atoms with Crippen LogP contribution in [0.15, 0.2) is 78.9 Å². The van der Waals surface area contributed by atoms with Crippen LogP contribution < -0.4 is 4.74 Å². The molecule has 3 aromatic rings. The quantitative estimate of drug-likeness (QED) is 0.165. The predicted octanol–water partition coefficient (Wildman–Crippen LogP) is 6.93. The Labute approximate surface area is 256 Å². The van der Waals surface area contributed by atoms with Crippen LogP contribution in [0.3, 0.4) is 0 Å². The number of rotatable bonds is 12. The smallest absolute Gasteiger partial charge is 0.264 e. The molecule has 230 valence electrons. The maximum Gasteiger partial charge on any atom is 0.264 e. The second-order valence-corrected chi connectivity index (χ2v) is 14.5. The Hall–Kier alpha value is -2.71. The second-order valence-electron chi connectivity index (χ2n) is 12.9. The molecule has 0 amide bonds. The van der Waals surface area contributed by atoms with Crippen molar-refractivity contribution in [3.05, 3.63) is 101 Å². The Balaban J connectivity index is 1.20. The molecule has 0 bridgehead atoms. The van der Waals surface area contributed by atoms with E-state index in [1.165, 1.54) is 23.1 Å². The van der Waals surface area contributed by atoms with Gasteiger partial charge in [-0.15, -0.1) is 0 Å². The first-order valence-corrected chi connectivity index (χ1v) is 17.5. The summed E-state index contributed by atoms with van der Waals surface area (Å²) >= 11 is 0. The number of benzene rings is 3. The molecule has 3 aliphatic carbocycles. The van der Waals surface area contributed by atoms with Crippen LogP contribution in [0, 0.1) is 23.2 Å². The zero-order valence-electron chi connectivity index (χ0n) is 25.3. The Morgan fingerprint density at radius 2 is 1.58 bits per heavy atom. The van der Waals surface area contributed by atoms with Crippen LogP contribution in [0.4, 0.5) is 0 Å². The van der Waals surface area contributed by atoms with Gasteiger partial charge >= 0.3 is 0 Å². The van der Waals surface area contributed by atoms with Gasteiger partial charge in [0, 0.05) is 0 Å². The molecule has 3 aromatic carbocycles. The van der Waals surface area contributed by atoms with E-state index in [9.17, 15) is 8.42 Å². The fourth-order valence-electron chi connectivity index (χ4n) is 8.34. The lowest BCUT2D eigenvalue weighted by Gasteiger charge is -2.54. The summed E-state index contributed by atoms with van der Waals surface area (Å²) in [6, 6.07) is 27.4. The van der Waals surface area contributed by atoms with Gasteiger partial charge < -0.3 is 14.2 Å². The van der Waals surface area contributed by atoms with E-state index in [4.69, 9.17) is 18.4 Å². The lowest BCUT2D eigenvalue weighted by Crippen LogP contribution is -2.49. The molecule has 0 aliphatic heterocycles. The van der Waals surface area contributed by atoms with Crippen LogP contribution in [-0.2, 0) is 43.4 Å². The fraction of sp³-hybridized carbons (Fsp3) is 0.500. The number of ether oxygens (including phenoxy) is 3. The second kappa shape index (κ2) is 13.1. The molecule has 0 saturated heterocycles. The summed E-state index contributed by atoms with van der Waals surface area (Å²) in [6.45, 7) is 4.53. The van der Waals surface area contributed by atoms with Crippen LogP contribution in [-0.4, -0.2) is 40.6 Å². The minimum Gasteiger partial charge on any atom is -0.489 e. The third-order valence-electron chi connectivity index (χ3n) is 10.1. The predicted molar refractivity (Wildman–Crippen MR) is 167 cm³/mol. The lowest BCUT2D eigenvalue weighted by atomic mass is 9.52. The van der Waals surface area contributed by atoms with Crippen molar-refractivity contribution in [3.8, 4) is 5.75 Å². The molecule has 0 N–H and O–H groups in total. The minimum absolute atomic E-state index is 0.0427. The average molecular weight is 605 g/mol. The largest absolute Gasteiger partial charge is 0.489 e. The summed E-state index contributed by atoms with van der Waals surface area (Å²) < 4.78 is 46.8. The van der Waals surface area contributed by atoms with Gasteiger partial charge in [0.1, 0.15) is 12.4 Å². The van der Waals surface area contributed by atoms with Crippen LogP contribution >= 0.6 is 0 Å². The van der Waals surface area contributed by atoms with E-state index in [2.05, 4.69) is 61.5 Å². The van der Waals surface area contributed by atoms with Gasteiger partial charge in [0.25, 0.3) is 10.1 Å². The summed E-state index contributed by atoms with van der Waals surface area (Å²) in [5, 5.41) is 0. The molecule has 0 spiro atoms. The van der Waals surface area contributed by atoms with Gasteiger partial charge in [-0.05, 0) is 95.6 Å². The number of hydrogen-bond acceptors (Lipinski definition) is 6. The van der Waals surface area contributed by atoms with Crippen LogP contribution in [0.1, 0.15) is 60.8 Å². The Kier molecular flexibility index (Phi) is 9.24. The monoisotopic (exact) mass is 604 g/mol. The number of aryl methyl sites for hydroxylation is 1. The molecular weight excluding hydrogens is 560 g/mol. The highest BCUT2D eigenvalue weighted by Crippen LogP contribution is 2.63. The molecule has 6 rings (SSSR count). The highest BCUT2D eigenvalue weighted by atomic mass is 32.2. The van der Waals surface area contributed by atoms with Crippen molar-refractivity contribution in [1.82, 2.24) is 0 Å². The van der Waals surface area contributed by atoms with E-state index in [1.54, 1.807) is 0 Å². The molecule has 0 heterocycles. The molecule has 7 heteroatoms. The van der Waals surface area contributed by atoms with Crippen molar-refractivity contribution < 1.29 is 26.8 Å². The van der Waals surface area contributed by atoms with Gasteiger partial charge in [-0.1, -0.05) is 73.7 Å². The highest BCUT2D eigenvalue weighted by Gasteiger charge is 2.58. The zero-order chi connectivity index (χ0) is 29.9. The summed E-state index contributed by atoms with van der Waals surface area (Å²) in [5.74, 6) is 2.79. The molecular formula is C36H44O6S. The molecule has 0 aromatic heterocycles. The van der Waals surface area contributed by atoms with Gasteiger partial charge in [-0.2, -0.15) is 8.42 Å². The zero-order valence-corrected chi connectivity index (χ0v) is 26.1. The van der Waals surface area contributed by atoms with Gasteiger partial charge in [0.15, 0.2) is 0 Å². The van der Waals surface area contributed by atoms with E-state index in [1.807, 2.05) is 24.3 Å². The van der Waals surface area contributed by atoms with E-state index < -0.39 is 10.1 Å². The average Bonchev–Trinajstić information content (AvgIpc) is 3.34. The summed E-state index contributed by atoms with van der Waals surface area (Å²) in [4.78, 5) is 0. The van der Waals surface area contributed by atoms with Crippen LogP contribution in [0.2, 0.25) is 0 Å². The van der Waals surface area contributed by atoms with Gasteiger partial charge in [-0.25, -0.2) is 0 Å². The van der Waals surface area contributed by atoms with E-state index >= 15 is 0 Å². The van der Waals surface area contributed by atoms with Gasteiger partial charge in [0.05, 0.1) is 38.8 Å². The highest BCUT2D eigenvalue weighted by molar-refractivity contribution is 7.85. The van der Waals surface area contributed by atoms with Crippen molar-refractivity contribution in [2.75, 3.05) is 26.1 Å². The van der Waals surface area contributed by atoms with Crippen molar-refractivity contribution in [3.63, 3.8) is 0 Å². The van der Waals surface area contributed by atoms with Crippen LogP contribution in [0.25, 0.3) is 0 Å². The molecule has 0 radical (unpaired) electrons. The van der Waals surface area contributed by atoms with E-state index in [0.717, 1.165) is 43.3 Å². The van der Waals surface area contributed by atoms with Crippen molar-refractivity contribution in [1.29, 1.82) is 0 Å². The SMILES string of the molecule is C[C@]12C[C@H](COCCOS(C)(=O)=O)[C@@H]3c4ccc(OCc5ccccc5)cc4CC[C@H]3[C@@H]1CCC2OCc1ccccc1. The third kappa shape index (κ3) is 7.01. The first kappa shape index (κ1) is 30.3. The molecule has 2 saturated carbocycles. The van der Waals surface area contributed by atoms with Gasteiger partial charge in [-0.3, -0.25) is 4.18 Å². The van der Waals surface area contributed by atoms with Crippen LogP contribution in [0.5, 0.6) is 5.75 Å². The van der Waals surface area contributed by atoms with Crippen molar-refractivity contribution in [2.45, 2.75) is 64.3 Å². The molecule has 2 fully saturated rings. The summed E-state index contributed by atoms with van der Waals surface area (Å²) in [5.41, 5.74) is 5.26. The normalized spacial score (nSPS) is 28.1. The molecule has 3 aliphatic rings. The molecule has 6 atom stereocenters. The fourth-order valence-corrected chi connectivity index (χ4v) is 8.71. The minimum atomic E-state index is -3.48.